The first-order valence-corrected chi connectivity index (χ1v) is 8.87. The van der Waals surface area contributed by atoms with E-state index in [1.54, 1.807) is 6.20 Å². The van der Waals surface area contributed by atoms with E-state index in [-0.39, 0.29) is 12.1 Å². The van der Waals surface area contributed by atoms with E-state index in [4.69, 9.17) is 17.3 Å². The lowest BCUT2D eigenvalue weighted by molar-refractivity contribution is 0.500. The van der Waals surface area contributed by atoms with Crippen LogP contribution in [0.15, 0.2) is 12.3 Å². The summed E-state index contributed by atoms with van der Waals surface area (Å²) in [4.78, 5) is 2.73. The standard InChI is InChI=1S/C16H22ClN3S/c1-10(2)20-16(12(17)9-19-20)15(18)14-8-11-6-4-3-5-7-13(11)21-14/h8-10,15H,3-7,18H2,1-2H3. The lowest BCUT2D eigenvalue weighted by atomic mass is 10.1. The molecule has 5 heteroatoms. The highest BCUT2D eigenvalue weighted by Crippen LogP contribution is 2.36. The number of hydrogen-bond donors (Lipinski definition) is 1. The molecule has 0 aliphatic heterocycles. The number of rotatable bonds is 3. The second-order valence-corrected chi connectivity index (χ2v) is 7.63. The monoisotopic (exact) mass is 323 g/mol. The average Bonchev–Trinajstić information content (AvgIpc) is 2.96. The summed E-state index contributed by atoms with van der Waals surface area (Å²) in [6.45, 7) is 4.20. The van der Waals surface area contributed by atoms with Gasteiger partial charge in [0.05, 0.1) is 23.0 Å². The quantitative estimate of drug-likeness (QED) is 0.845. The van der Waals surface area contributed by atoms with Gasteiger partial charge in [-0.15, -0.1) is 11.3 Å². The van der Waals surface area contributed by atoms with Crippen LogP contribution in [0.3, 0.4) is 0 Å². The summed E-state index contributed by atoms with van der Waals surface area (Å²) in [5.41, 5.74) is 8.94. The minimum Gasteiger partial charge on any atom is -0.318 e. The zero-order valence-electron chi connectivity index (χ0n) is 12.6. The molecule has 0 radical (unpaired) electrons. The second-order valence-electron chi connectivity index (χ2n) is 6.05. The van der Waals surface area contributed by atoms with Crippen LogP contribution in [0.2, 0.25) is 5.02 Å². The molecule has 0 fully saturated rings. The van der Waals surface area contributed by atoms with Crippen LogP contribution in [-0.4, -0.2) is 9.78 Å². The number of fused-ring (bicyclic) bond motifs is 1. The van der Waals surface area contributed by atoms with Crippen LogP contribution in [0, 0.1) is 0 Å². The molecule has 1 atom stereocenters. The van der Waals surface area contributed by atoms with E-state index in [1.807, 2.05) is 16.0 Å². The predicted octanol–water partition coefficient (Wildman–Crippen LogP) is 4.50. The Morgan fingerprint density at radius 1 is 1.29 bits per heavy atom. The lowest BCUT2D eigenvalue weighted by Gasteiger charge is -2.16. The second kappa shape index (κ2) is 6.11. The van der Waals surface area contributed by atoms with E-state index in [0.29, 0.717) is 5.02 Å². The van der Waals surface area contributed by atoms with Gasteiger partial charge in [-0.3, -0.25) is 4.68 Å². The molecule has 1 aliphatic carbocycles. The number of hydrogen-bond acceptors (Lipinski definition) is 3. The molecule has 0 bridgehead atoms. The van der Waals surface area contributed by atoms with Gasteiger partial charge < -0.3 is 5.73 Å². The van der Waals surface area contributed by atoms with Crippen molar-refractivity contribution < 1.29 is 0 Å². The van der Waals surface area contributed by atoms with Crippen LogP contribution >= 0.6 is 22.9 Å². The highest BCUT2D eigenvalue weighted by Gasteiger charge is 2.23. The number of thiophene rings is 1. The lowest BCUT2D eigenvalue weighted by Crippen LogP contribution is -2.18. The summed E-state index contributed by atoms with van der Waals surface area (Å²) in [5.74, 6) is 0. The fourth-order valence-electron chi connectivity index (χ4n) is 3.03. The summed E-state index contributed by atoms with van der Waals surface area (Å²) < 4.78 is 1.94. The van der Waals surface area contributed by atoms with Crippen molar-refractivity contribution in [1.29, 1.82) is 0 Å². The Balaban J connectivity index is 1.96. The van der Waals surface area contributed by atoms with E-state index in [0.717, 1.165) is 5.69 Å². The van der Waals surface area contributed by atoms with Crippen molar-refractivity contribution in [3.05, 3.63) is 38.3 Å². The summed E-state index contributed by atoms with van der Waals surface area (Å²) >= 11 is 8.19. The van der Waals surface area contributed by atoms with Gasteiger partial charge in [-0.05, 0) is 51.2 Å². The van der Waals surface area contributed by atoms with Gasteiger partial charge >= 0.3 is 0 Å². The Bertz CT molecular complexity index is 606. The largest absolute Gasteiger partial charge is 0.318 e. The van der Waals surface area contributed by atoms with Crippen molar-refractivity contribution in [3.63, 3.8) is 0 Å². The summed E-state index contributed by atoms with van der Waals surface area (Å²) in [6.07, 6.45) is 8.03. The molecule has 2 heterocycles. The maximum atomic E-state index is 6.52. The molecule has 2 aromatic rings. The smallest absolute Gasteiger partial charge is 0.0838 e. The molecule has 1 aliphatic rings. The SMILES string of the molecule is CC(C)n1ncc(Cl)c1C(N)c1cc2c(s1)CCCCC2. The van der Waals surface area contributed by atoms with Crippen molar-refractivity contribution in [2.45, 2.75) is 58.0 Å². The third-order valence-electron chi connectivity index (χ3n) is 4.14. The van der Waals surface area contributed by atoms with Crippen molar-refractivity contribution in [2.24, 2.45) is 5.73 Å². The summed E-state index contributed by atoms with van der Waals surface area (Å²) in [6, 6.07) is 2.37. The van der Waals surface area contributed by atoms with Crippen LogP contribution in [0.4, 0.5) is 0 Å². The molecule has 0 spiro atoms. The Hall–Kier alpha value is -0.840. The molecule has 2 aromatic heterocycles. The van der Waals surface area contributed by atoms with Crippen LogP contribution < -0.4 is 5.73 Å². The fourth-order valence-corrected chi connectivity index (χ4v) is 4.54. The van der Waals surface area contributed by atoms with Gasteiger partial charge in [0.15, 0.2) is 0 Å². The van der Waals surface area contributed by atoms with Gasteiger partial charge in [0.2, 0.25) is 0 Å². The molecule has 114 valence electrons. The van der Waals surface area contributed by atoms with Crippen molar-refractivity contribution in [1.82, 2.24) is 9.78 Å². The maximum absolute atomic E-state index is 6.52. The molecular weight excluding hydrogens is 302 g/mol. The molecule has 0 aromatic carbocycles. The first kappa shape index (κ1) is 15.1. The molecule has 3 nitrogen and oxygen atoms in total. The Morgan fingerprint density at radius 3 is 2.81 bits per heavy atom. The third kappa shape index (κ3) is 2.89. The highest BCUT2D eigenvalue weighted by molar-refractivity contribution is 7.12. The topological polar surface area (TPSA) is 43.8 Å². The van der Waals surface area contributed by atoms with Gasteiger partial charge in [0, 0.05) is 15.8 Å². The van der Waals surface area contributed by atoms with E-state index in [9.17, 15) is 0 Å². The van der Waals surface area contributed by atoms with Crippen molar-refractivity contribution in [3.8, 4) is 0 Å². The molecular formula is C16H22ClN3S. The van der Waals surface area contributed by atoms with Gasteiger partial charge in [-0.1, -0.05) is 18.0 Å². The zero-order valence-corrected chi connectivity index (χ0v) is 14.2. The molecule has 0 saturated heterocycles. The number of nitrogens with two attached hydrogens (primary N) is 1. The van der Waals surface area contributed by atoms with E-state index >= 15 is 0 Å². The van der Waals surface area contributed by atoms with E-state index in [2.05, 4.69) is 25.0 Å². The third-order valence-corrected chi connectivity index (χ3v) is 5.75. The van der Waals surface area contributed by atoms with Crippen LogP contribution in [0.25, 0.3) is 0 Å². The van der Waals surface area contributed by atoms with Gasteiger partial charge in [-0.25, -0.2) is 0 Å². The van der Waals surface area contributed by atoms with Crippen LogP contribution in [0.1, 0.15) is 66.2 Å². The Kier molecular flexibility index (Phi) is 4.38. The molecule has 2 N–H and O–H groups in total. The van der Waals surface area contributed by atoms with Crippen LogP contribution in [-0.2, 0) is 12.8 Å². The van der Waals surface area contributed by atoms with Crippen molar-refractivity contribution >= 4 is 22.9 Å². The minimum atomic E-state index is -0.181. The van der Waals surface area contributed by atoms with Gasteiger partial charge in [0.1, 0.15) is 0 Å². The maximum Gasteiger partial charge on any atom is 0.0838 e. The van der Waals surface area contributed by atoms with Crippen molar-refractivity contribution in [2.75, 3.05) is 0 Å². The predicted molar refractivity (Wildman–Crippen MR) is 89.2 cm³/mol. The van der Waals surface area contributed by atoms with Crippen LogP contribution in [0.5, 0.6) is 0 Å². The molecule has 3 rings (SSSR count). The van der Waals surface area contributed by atoms with Gasteiger partial charge in [-0.2, -0.15) is 5.10 Å². The number of aryl methyl sites for hydroxylation is 2. The summed E-state index contributed by atoms with van der Waals surface area (Å²) in [5, 5.41) is 5.03. The first-order chi connectivity index (χ1) is 10.1. The van der Waals surface area contributed by atoms with E-state index in [1.165, 1.54) is 47.4 Å². The number of halogens is 1. The number of aromatic nitrogens is 2. The molecule has 1 unspecified atom stereocenters. The highest BCUT2D eigenvalue weighted by atomic mass is 35.5. The molecule has 21 heavy (non-hydrogen) atoms. The first-order valence-electron chi connectivity index (χ1n) is 7.68. The van der Waals surface area contributed by atoms with E-state index < -0.39 is 0 Å². The van der Waals surface area contributed by atoms with Gasteiger partial charge in [0.25, 0.3) is 0 Å². The normalized spacial score (nSPS) is 16.8. The Labute approximate surface area is 135 Å². The summed E-state index contributed by atoms with van der Waals surface area (Å²) in [7, 11) is 0. The molecule has 0 amide bonds. The molecule has 0 saturated carbocycles. The average molecular weight is 324 g/mol. The Morgan fingerprint density at radius 2 is 2.05 bits per heavy atom. The number of nitrogens with zero attached hydrogens (tertiary/aromatic N) is 2. The minimum absolute atomic E-state index is 0.181. The fraction of sp³-hybridized carbons (Fsp3) is 0.562. The zero-order chi connectivity index (χ0) is 15.0.